The number of aliphatic hydroxyl groups excluding tert-OH is 1. The minimum absolute atomic E-state index is 0.0633. The zero-order valence-electron chi connectivity index (χ0n) is 11.3. The van der Waals surface area contributed by atoms with Crippen molar-refractivity contribution in [3.8, 4) is 0 Å². The van der Waals surface area contributed by atoms with E-state index in [9.17, 15) is 13.5 Å². The van der Waals surface area contributed by atoms with Gasteiger partial charge in [-0.3, -0.25) is 0 Å². The van der Waals surface area contributed by atoms with Crippen LogP contribution in [0, 0.1) is 5.92 Å². The fraction of sp³-hybridized carbons (Fsp3) is 0.615. The number of pyridine rings is 1. The van der Waals surface area contributed by atoms with Crippen LogP contribution in [-0.4, -0.2) is 30.7 Å². The molecule has 1 aliphatic carbocycles. The summed E-state index contributed by atoms with van der Waals surface area (Å²) >= 11 is 5.66. The predicted molar refractivity (Wildman–Crippen MR) is 77.0 cm³/mol. The second-order valence-electron chi connectivity index (χ2n) is 5.54. The Morgan fingerprint density at radius 1 is 1.45 bits per heavy atom. The molecule has 2 N–H and O–H groups in total. The van der Waals surface area contributed by atoms with Gasteiger partial charge in [-0.25, -0.2) is 18.1 Å². The molecule has 0 bridgehead atoms. The van der Waals surface area contributed by atoms with E-state index >= 15 is 0 Å². The molecule has 112 valence electrons. The van der Waals surface area contributed by atoms with Gasteiger partial charge in [0, 0.05) is 6.20 Å². The molecule has 0 unspecified atom stereocenters. The summed E-state index contributed by atoms with van der Waals surface area (Å²) in [6.07, 6.45) is 4.32. The molecule has 0 amide bonds. The minimum atomic E-state index is -3.70. The van der Waals surface area contributed by atoms with Crippen LogP contribution in [0.5, 0.6) is 0 Å². The Morgan fingerprint density at radius 2 is 2.10 bits per heavy atom. The highest BCUT2D eigenvalue weighted by atomic mass is 35.5. The molecule has 1 aromatic heterocycles. The highest BCUT2D eigenvalue weighted by Gasteiger charge is 2.37. The van der Waals surface area contributed by atoms with Crippen molar-refractivity contribution >= 4 is 21.6 Å². The molecule has 2 rings (SSSR count). The average molecular weight is 319 g/mol. The summed E-state index contributed by atoms with van der Waals surface area (Å²) in [5.41, 5.74) is -0.759. The van der Waals surface area contributed by atoms with E-state index in [2.05, 4.69) is 16.6 Å². The monoisotopic (exact) mass is 318 g/mol. The zero-order valence-corrected chi connectivity index (χ0v) is 12.9. The van der Waals surface area contributed by atoms with E-state index in [1.165, 1.54) is 18.3 Å². The van der Waals surface area contributed by atoms with Crippen LogP contribution in [0.4, 0.5) is 0 Å². The van der Waals surface area contributed by atoms with Crippen molar-refractivity contribution in [2.24, 2.45) is 5.92 Å². The molecule has 0 spiro atoms. The van der Waals surface area contributed by atoms with Gasteiger partial charge in [0.05, 0.1) is 12.1 Å². The van der Waals surface area contributed by atoms with Crippen molar-refractivity contribution in [1.82, 2.24) is 9.71 Å². The van der Waals surface area contributed by atoms with Gasteiger partial charge in [-0.2, -0.15) is 0 Å². The van der Waals surface area contributed by atoms with Crippen LogP contribution >= 0.6 is 11.6 Å². The number of aromatic nitrogens is 1. The van der Waals surface area contributed by atoms with Crippen molar-refractivity contribution in [3.63, 3.8) is 0 Å². The van der Waals surface area contributed by atoms with Gasteiger partial charge in [0.2, 0.25) is 10.0 Å². The molecule has 1 saturated carbocycles. The van der Waals surface area contributed by atoms with Gasteiger partial charge in [0.25, 0.3) is 0 Å². The summed E-state index contributed by atoms with van der Waals surface area (Å²) in [6.45, 7) is 1.94. The van der Waals surface area contributed by atoms with Crippen LogP contribution < -0.4 is 4.72 Å². The molecule has 0 atom stereocenters. The lowest BCUT2D eigenvalue weighted by molar-refractivity contribution is 0.125. The van der Waals surface area contributed by atoms with Gasteiger partial charge in [-0.15, -0.1) is 0 Å². The summed E-state index contributed by atoms with van der Waals surface area (Å²) < 4.78 is 27.4. The molecule has 0 saturated heterocycles. The van der Waals surface area contributed by atoms with Crippen LogP contribution in [0.1, 0.15) is 32.6 Å². The molecule has 1 aromatic rings. The second kappa shape index (κ2) is 5.97. The van der Waals surface area contributed by atoms with E-state index < -0.39 is 15.6 Å². The molecule has 0 radical (unpaired) electrons. The first-order valence-electron chi connectivity index (χ1n) is 6.63. The van der Waals surface area contributed by atoms with Crippen LogP contribution in [-0.2, 0) is 10.0 Å². The number of nitrogens with zero attached hydrogens (tertiary/aromatic N) is 1. The maximum Gasteiger partial charge on any atom is 0.242 e. The number of hydrogen-bond donors (Lipinski definition) is 2. The predicted octanol–water partition coefficient (Wildman–Crippen LogP) is 1.95. The normalized spacial score (nSPS) is 27.4. The maximum absolute atomic E-state index is 12.4. The average Bonchev–Trinajstić information content (AvgIpc) is 2.42. The maximum atomic E-state index is 12.4. The molecule has 0 aliphatic heterocycles. The summed E-state index contributed by atoms with van der Waals surface area (Å²) in [5.74, 6) is 0.566. The van der Waals surface area contributed by atoms with E-state index in [0.29, 0.717) is 18.8 Å². The second-order valence-corrected chi connectivity index (χ2v) is 7.61. The Morgan fingerprint density at radius 3 is 2.60 bits per heavy atom. The fourth-order valence-corrected chi connectivity index (χ4v) is 3.98. The Labute approximate surface area is 124 Å². The molecular formula is C13H19ClN2O3S. The summed E-state index contributed by atoms with van der Waals surface area (Å²) in [7, 11) is -3.70. The van der Waals surface area contributed by atoms with Gasteiger partial charge in [0.1, 0.15) is 10.0 Å². The third-order valence-corrected chi connectivity index (χ3v) is 5.68. The van der Waals surface area contributed by atoms with Crippen molar-refractivity contribution in [2.45, 2.75) is 43.0 Å². The van der Waals surface area contributed by atoms with Gasteiger partial charge >= 0.3 is 0 Å². The Hall–Kier alpha value is -0.690. The molecule has 20 heavy (non-hydrogen) atoms. The molecule has 1 aliphatic rings. The summed E-state index contributed by atoms with van der Waals surface area (Å²) in [5, 5.41) is 9.86. The van der Waals surface area contributed by atoms with Crippen molar-refractivity contribution in [2.75, 3.05) is 6.61 Å². The van der Waals surface area contributed by atoms with Crippen LogP contribution in [0.25, 0.3) is 0 Å². The lowest BCUT2D eigenvalue weighted by Gasteiger charge is -2.38. The lowest BCUT2D eigenvalue weighted by Crippen LogP contribution is -2.53. The molecule has 1 heterocycles. The molecule has 7 heteroatoms. The quantitative estimate of drug-likeness (QED) is 0.832. The van der Waals surface area contributed by atoms with Crippen LogP contribution in [0.15, 0.2) is 23.2 Å². The van der Waals surface area contributed by atoms with E-state index in [0.717, 1.165) is 12.8 Å². The Balaban J connectivity index is 2.20. The van der Waals surface area contributed by atoms with E-state index in [1.807, 2.05) is 0 Å². The zero-order chi connectivity index (χ0) is 14.8. The van der Waals surface area contributed by atoms with Crippen molar-refractivity contribution in [3.05, 3.63) is 23.5 Å². The number of rotatable bonds is 4. The van der Waals surface area contributed by atoms with E-state index in [-0.39, 0.29) is 16.7 Å². The first kappa shape index (κ1) is 15.7. The standard InChI is InChI=1S/C13H19ClN2O3S/c1-10-4-6-13(9-17,7-5-10)16-20(18,19)11-2-3-12(14)15-8-11/h2-3,8,10,16-17H,4-7,9H2,1H3. The molecular weight excluding hydrogens is 300 g/mol. The first-order valence-corrected chi connectivity index (χ1v) is 8.49. The third kappa shape index (κ3) is 3.49. The minimum Gasteiger partial charge on any atom is -0.394 e. The number of sulfonamides is 1. The first-order chi connectivity index (χ1) is 9.37. The van der Waals surface area contributed by atoms with Crippen LogP contribution in [0.3, 0.4) is 0 Å². The van der Waals surface area contributed by atoms with Gasteiger partial charge < -0.3 is 5.11 Å². The molecule has 0 aromatic carbocycles. The number of aliphatic hydroxyl groups is 1. The lowest BCUT2D eigenvalue weighted by atomic mass is 9.78. The van der Waals surface area contributed by atoms with Gasteiger partial charge in [-0.1, -0.05) is 18.5 Å². The highest BCUT2D eigenvalue weighted by molar-refractivity contribution is 7.89. The number of hydrogen-bond acceptors (Lipinski definition) is 4. The van der Waals surface area contributed by atoms with E-state index in [1.54, 1.807) is 0 Å². The highest BCUT2D eigenvalue weighted by Crippen LogP contribution is 2.32. The fourth-order valence-electron chi connectivity index (χ4n) is 2.47. The topological polar surface area (TPSA) is 79.3 Å². The van der Waals surface area contributed by atoms with Crippen molar-refractivity contribution in [1.29, 1.82) is 0 Å². The largest absolute Gasteiger partial charge is 0.394 e. The summed E-state index contributed by atoms with van der Waals surface area (Å²) in [4.78, 5) is 3.85. The van der Waals surface area contributed by atoms with Crippen LogP contribution in [0.2, 0.25) is 5.15 Å². The Kier molecular flexibility index (Phi) is 4.69. The van der Waals surface area contributed by atoms with Crippen molar-refractivity contribution < 1.29 is 13.5 Å². The molecule has 1 fully saturated rings. The number of halogens is 1. The van der Waals surface area contributed by atoms with E-state index in [4.69, 9.17) is 11.6 Å². The smallest absolute Gasteiger partial charge is 0.242 e. The SMILES string of the molecule is CC1CCC(CO)(NS(=O)(=O)c2ccc(Cl)nc2)CC1. The Bertz CT molecular complexity index is 551. The third-order valence-electron chi connectivity index (χ3n) is 3.90. The number of nitrogens with one attached hydrogen (secondary N) is 1. The molecule has 5 nitrogen and oxygen atoms in total. The van der Waals surface area contributed by atoms with Gasteiger partial charge in [0.15, 0.2) is 0 Å². The summed E-state index contributed by atoms with van der Waals surface area (Å²) in [6, 6.07) is 2.85. The van der Waals surface area contributed by atoms with Gasteiger partial charge in [-0.05, 0) is 43.7 Å².